The lowest BCUT2D eigenvalue weighted by Crippen LogP contribution is -2.26. The van der Waals surface area contributed by atoms with Crippen LogP contribution in [0.2, 0.25) is 15.1 Å². The molecule has 11 heteroatoms. The molecule has 5 nitrogen and oxygen atoms in total. The second-order valence-corrected chi connectivity index (χ2v) is 8.49. The van der Waals surface area contributed by atoms with Gasteiger partial charge >= 0.3 is 0 Å². The molecular formula is C18H12Cl3F2N3O2S. The molecule has 1 amide bonds. The summed E-state index contributed by atoms with van der Waals surface area (Å²) in [5, 5.41) is 0.602. The SMILES string of the molecule is CC(F)(F)c1cc(Cl)cc(-n2cnc(C(=O)NS(=O)c3ccc(Cl)cc3Cl)c2)c1. The fourth-order valence-corrected chi connectivity index (χ4v) is 4.03. The highest BCUT2D eigenvalue weighted by atomic mass is 35.5. The summed E-state index contributed by atoms with van der Waals surface area (Å²) in [6.45, 7) is 0.756. The molecule has 3 rings (SSSR count). The Kier molecular flexibility index (Phi) is 6.28. The molecule has 1 heterocycles. The second-order valence-electron chi connectivity index (χ2n) is 6.03. The Morgan fingerprint density at radius 2 is 1.86 bits per heavy atom. The minimum Gasteiger partial charge on any atom is -0.305 e. The molecule has 1 aromatic heterocycles. The lowest BCUT2D eigenvalue weighted by Gasteiger charge is -2.13. The molecule has 1 N–H and O–H groups in total. The quantitative estimate of drug-likeness (QED) is 0.534. The maximum atomic E-state index is 13.6. The Bertz CT molecular complexity index is 1120. The van der Waals surface area contributed by atoms with E-state index in [1.807, 2.05) is 0 Å². The molecule has 3 aromatic rings. The van der Waals surface area contributed by atoms with Crippen LogP contribution in [0.3, 0.4) is 0 Å². The van der Waals surface area contributed by atoms with Crippen LogP contribution < -0.4 is 4.72 Å². The number of nitrogens with one attached hydrogen (secondary N) is 1. The highest BCUT2D eigenvalue weighted by Crippen LogP contribution is 2.31. The Hall–Kier alpha value is -2.00. The number of carbonyl (C=O) groups is 1. The van der Waals surface area contributed by atoms with Crippen molar-refractivity contribution in [1.82, 2.24) is 14.3 Å². The number of imidazole rings is 1. The van der Waals surface area contributed by atoms with E-state index in [1.165, 1.54) is 47.4 Å². The number of carbonyl (C=O) groups excluding carboxylic acids is 1. The largest absolute Gasteiger partial charge is 0.305 e. The monoisotopic (exact) mass is 477 g/mol. The van der Waals surface area contributed by atoms with Crippen LogP contribution in [-0.2, 0) is 16.9 Å². The summed E-state index contributed by atoms with van der Waals surface area (Å²) in [4.78, 5) is 16.5. The number of hydrogen-bond donors (Lipinski definition) is 1. The van der Waals surface area contributed by atoms with Crippen molar-refractivity contribution in [2.45, 2.75) is 17.7 Å². The average Bonchev–Trinajstić information content (AvgIpc) is 3.10. The van der Waals surface area contributed by atoms with E-state index >= 15 is 0 Å². The summed E-state index contributed by atoms with van der Waals surface area (Å²) in [5.41, 5.74) is -0.0613. The van der Waals surface area contributed by atoms with E-state index < -0.39 is 22.8 Å². The lowest BCUT2D eigenvalue weighted by molar-refractivity contribution is 0.0174. The van der Waals surface area contributed by atoms with E-state index in [1.54, 1.807) is 0 Å². The Labute approximate surface area is 182 Å². The van der Waals surface area contributed by atoms with Crippen molar-refractivity contribution in [3.05, 3.63) is 75.2 Å². The van der Waals surface area contributed by atoms with Crippen LogP contribution in [0.1, 0.15) is 23.0 Å². The van der Waals surface area contributed by atoms with Gasteiger partial charge in [-0.25, -0.2) is 18.0 Å². The molecule has 0 fully saturated rings. The van der Waals surface area contributed by atoms with Gasteiger partial charge in [0.25, 0.3) is 11.8 Å². The molecule has 2 aromatic carbocycles. The third-order valence-electron chi connectivity index (χ3n) is 3.78. The molecule has 0 spiro atoms. The van der Waals surface area contributed by atoms with Gasteiger partial charge in [-0.1, -0.05) is 34.8 Å². The second kappa shape index (κ2) is 8.39. The molecular weight excluding hydrogens is 467 g/mol. The Balaban J connectivity index is 1.82. The van der Waals surface area contributed by atoms with E-state index in [4.69, 9.17) is 34.8 Å². The van der Waals surface area contributed by atoms with Crippen molar-refractivity contribution < 1.29 is 17.8 Å². The van der Waals surface area contributed by atoms with Crippen LogP contribution >= 0.6 is 34.8 Å². The van der Waals surface area contributed by atoms with Gasteiger partial charge < -0.3 is 4.57 Å². The van der Waals surface area contributed by atoms with Gasteiger partial charge in [0.15, 0.2) is 11.0 Å². The number of rotatable bonds is 5. The van der Waals surface area contributed by atoms with Gasteiger partial charge in [-0.15, -0.1) is 0 Å². The highest BCUT2D eigenvalue weighted by Gasteiger charge is 2.25. The topological polar surface area (TPSA) is 64.0 Å². The van der Waals surface area contributed by atoms with Crippen LogP contribution in [0.15, 0.2) is 53.8 Å². The molecule has 152 valence electrons. The minimum atomic E-state index is -3.09. The highest BCUT2D eigenvalue weighted by molar-refractivity contribution is 7.83. The van der Waals surface area contributed by atoms with Gasteiger partial charge in [0, 0.05) is 34.4 Å². The van der Waals surface area contributed by atoms with E-state index in [9.17, 15) is 17.8 Å². The van der Waals surface area contributed by atoms with E-state index in [0.29, 0.717) is 10.7 Å². The fraction of sp³-hybridized carbons (Fsp3) is 0.111. The number of alkyl halides is 2. The minimum absolute atomic E-state index is 0.0757. The molecule has 29 heavy (non-hydrogen) atoms. The molecule has 0 aliphatic heterocycles. The predicted molar refractivity (Wildman–Crippen MR) is 108 cm³/mol. The van der Waals surface area contributed by atoms with Crippen molar-refractivity contribution in [3.63, 3.8) is 0 Å². The summed E-state index contributed by atoms with van der Waals surface area (Å²) in [6.07, 6.45) is 2.57. The number of hydrogen-bond acceptors (Lipinski definition) is 3. The zero-order valence-corrected chi connectivity index (χ0v) is 17.7. The van der Waals surface area contributed by atoms with Crippen molar-refractivity contribution >= 4 is 51.7 Å². The van der Waals surface area contributed by atoms with Gasteiger partial charge in [-0.3, -0.25) is 9.52 Å². The van der Waals surface area contributed by atoms with Gasteiger partial charge in [-0.05, 0) is 36.4 Å². The first-order valence-electron chi connectivity index (χ1n) is 7.95. The van der Waals surface area contributed by atoms with Gasteiger partial charge in [0.05, 0.1) is 9.92 Å². The third kappa shape index (κ3) is 5.14. The van der Waals surface area contributed by atoms with Crippen molar-refractivity contribution in [3.8, 4) is 5.69 Å². The van der Waals surface area contributed by atoms with Crippen molar-refractivity contribution in [2.75, 3.05) is 0 Å². The lowest BCUT2D eigenvalue weighted by atomic mass is 10.1. The molecule has 0 bridgehead atoms. The van der Waals surface area contributed by atoms with E-state index in [-0.39, 0.29) is 26.2 Å². The molecule has 0 radical (unpaired) electrons. The molecule has 1 unspecified atom stereocenters. The number of halogens is 5. The van der Waals surface area contributed by atoms with Crippen LogP contribution in [-0.4, -0.2) is 19.7 Å². The van der Waals surface area contributed by atoms with Crippen LogP contribution in [0.25, 0.3) is 5.69 Å². The van der Waals surface area contributed by atoms with E-state index in [2.05, 4.69) is 9.71 Å². The first kappa shape index (κ1) is 21.7. The van der Waals surface area contributed by atoms with Gasteiger partial charge in [0.1, 0.15) is 12.0 Å². The van der Waals surface area contributed by atoms with E-state index in [0.717, 1.165) is 13.0 Å². The Morgan fingerprint density at radius 3 is 2.52 bits per heavy atom. The molecule has 0 aliphatic rings. The third-order valence-corrected chi connectivity index (χ3v) is 5.79. The molecule has 0 saturated carbocycles. The fourth-order valence-electron chi connectivity index (χ4n) is 2.37. The molecule has 0 aliphatic carbocycles. The van der Waals surface area contributed by atoms with Gasteiger partial charge in [-0.2, -0.15) is 0 Å². The van der Waals surface area contributed by atoms with Crippen LogP contribution in [0.4, 0.5) is 8.78 Å². The number of nitrogens with zero attached hydrogens (tertiary/aromatic N) is 2. The van der Waals surface area contributed by atoms with Crippen LogP contribution in [0.5, 0.6) is 0 Å². The molecule has 0 saturated heterocycles. The predicted octanol–water partition coefficient (Wildman–Crippen LogP) is 5.40. The maximum Gasteiger partial charge on any atom is 0.283 e. The first-order valence-corrected chi connectivity index (χ1v) is 10.2. The number of amides is 1. The summed E-state index contributed by atoms with van der Waals surface area (Å²) in [5.74, 6) is -3.83. The summed E-state index contributed by atoms with van der Waals surface area (Å²) in [6, 6.07) is 8.17. The summed E-state index contributed by atoms with van der Waals surface area (Å²) < 4.78 is 43.2. The first-order chi connectivity index (χ1) is 13.5. The zero-order chi connectivity index (χ0) is 21.3. The van der Waals surface area contributed by atoms with Crippen molar-refractivity contribution in [2.24, 2.45) is 0 Å². The summed E-state index contributed by atoms with van der Waals surface area (Å²) >= 11 is 17.7. The molecule has 1 atom stereocenters. The number of benzene rings is 2. The summed E-state index contributed by atoms with van der Waals surface area (Å²) in [7, 11) is -1.95. The maximum absolute atomic E-state index is 13.6. The van der Waals surface area contributed by atoms with Gasteiger partial charge in [0.2, 0.25) is 0 Å². The van der Waals surface area contributed by atoms with Crippen molar-refractivity contribution in [1.29, 1.82) is 0 Å². The van der Waals surface area contributed by atoms with Crippen LogP contribution in [0, 0.1) is 0 Å². The normalized spacial score (nSPS) is 12.6. The smallest absolute Gasteiger partial charge is 0.283 e. The zero-order valence-electron chi connectivity index (χ0n) is 14.6. The Morgan fingerprint density at radius 1 is 1.14 bits per heavy atom. The average molecular weight is 479 g/mol. The number of aromatic nitrogens is 2. The standard InChI is InChI=1S/C18H12Cl3F2N3O2S/c1-18(22,23)10-4-12(20)6-13(5-10)26-8-15(24-9-26)17(27)25-29(28)16-3-2-11(19)7-14(16)21/h2-9H,1H3,(H,25,27).